The summed E-state index contributed by atoms with van der Waals surface area (Å²) >= 11 is 0. The number of hydrogen-bond donors (Lipinski definition) is 3. The first kappa shape index (κ1) is 21.5. The Morgan fingerprint density at radius 2 is 2.03 bits per heavy atom. The number of benzene rings is 2. The van der Waals surface area contributed by atoms with Crippen molar-refractivity contribution < 1.29 is 4.79 Å². The van der Waals surface area contributed by atoms with Crippen LogP contribution < -0.4 is 10.6 Å². The maximum Gasteiger partial charge on any atom is 0.254 e. The van der Waals surface area contributed by atoms with Crippen LogP contribution in [0.25, 0.3) is 23.1 Å². The number of aromatic nitrogens is 3. The van der Waals surface area contributed by atoms with Gasteiger partial charge in [-0.3, -0.25) is 14.9 Å². The minimum atomic E-state index is -0.145. The average molecular weight is 448 g/mol. The van der Waals surface area contributed by atoms with Crippen LogP contribution in [0.15, 0.2) is 60.8 Å². The summed E-state index contributed by atoms with van der Waals surface area (Å²) in [5.41, 5.74) is 5.98. The molecule has 6 nitrogen and oxygen atoms in total. The zero-order valence-electron chi connectivity index (χ0n) is 18.9. The first-order chi connectivity index (χ1) is 16.7. The number of fused-ring (bicyclic) bond motifs is 1. The zero-order valence-corrected chi connectivity index (χ0v) is 18.9. The molecule has 0 aliphatic heterocycles. The molecule has 1 saturated carbocycles. The number of amides is 1. The Morgan fingerprint density at radius 3 is 2.88 bits per heavy atom. The van der Waals surface area contributed by atoms with Gasteiger partial charge in [0.05, 0.1) is 34.7 Å². The van der Waals surface area contributed by atoms with Crippen LogP contribution in [0.3, 0.4) is 0 Å². The summed E-state index contributed by atoms with van der Waals surface area (Å²) in [4.78, 5) is 17.1. The zero-order chi connectivity index (χ0) is 23.3. The third-order valence-electron chi connectivity index (χ3n) is 5.61. The number of carbonyl (C=O) groups excluding carboxylic acids is 1. The van der Waals surface area contributed by atoms with E-state index < -0.39 is 0 Å². The van der Waals surface area contributed by atoms with Crippen molar-refractivity contribution in [2.24, 2.45) is 5.92 Å². The van der Waals surface area contributed by atoms with Crippen LogP contribution in [-0.4, -0.2) is 27.6 Å². The molecule has 1 aliphatic carbocycles. The van der Waals surface area contributed by atoms with E-state index in [1.807, 2.05) is 73.7 Å². The maximum atomic E-state index is 12.7. The normalized spacial score (nSPS) is 13.0. The highest BCUT2D eigenvalue weighted by atomic mass is 16.1. The predicted octanol–water partition coefficient (Wildman–Crippen LogP) is 5.32. The summed E-state index contributed by atoms with van der Waals surface area (Å²) in [6.45, 7) is 2.40. The van der Waals surface area contributed by atoms with Gasteiger partial charge in [0.1, 0.15) is 0 Å². The summed E-state index contributed by atoms with van der Waals surface area (Å²) in [5, 5.41) is 14.8. The number of aromatic amines is 1. The maximum absolute atomic E-state index is 12.7. The fourth-order valence-electron chi connectivity index (χ4n) is 3.65. The van der Waals surface area contributed by atoms with Crippen LogP contribution in [0.4, 0.5) is 11.4 Å². The first-order valence-electron chi connectivity index (χ1n) is 11.4. The summed E-state index contributed by atoms with van der Waals surface area (Å²) in [6, 6.07) is 17.4. The molecule has 2 heterocycles. The van der Waals surface area contributed by atoms with Gasteiger partial charge >= 0.3 is 0 Å². The number of H-pyrrole nitrogens is 1. The van der Waals surface area contributed by atoms with Gasteiger partial charge in [0.25, 0.3) is 5.91 Å². The minimum absolute atomic E-state index is 0.145. The van der Waals surface area contributed by atoms with Crippen LogP contribution in [-0.2, 0) is 0 Å². The largest absolute Gasteiger partial charge is 0.355 e. The summed E-state index contributed by atoms with van der Waals surface area (Å²) in [7, 11) is 0. The van der Waals surface area contributed by atoms with Crippen molar-refractivity contribution in [1.29, 1.82) is 0 Å². The van der Waals surface area contributed by atoms with E-state index in [0.717, 1.165) is 39.2 Å². The Morgan fingerprint density at radius 1 is 1.15 bits per heavy atom. The number of hydrogen-bond acceptors (Lipinski definition) is 4. The highest BCUT2D eigenvalue weighted by Gasteiger charge is 2.17. The van der Waals surface area contributed by atoms with E-state index >= 15 is 0 Å². The predicted molar refractivity (Wildman–Crippen MR) is 137 cm³/mol. The van der Waals surface area contributed by atoms with Gasteiger partial charge < -0.3 is 10.6 Å². The van der Waals surface area contributed by atoms with Gasteiger partial charge in [0, 0.05) is 23.2 Å². The first-order valence-corrected chi connectivity index (χ1v) is 11.4. The van der Waals surface area contributed by atoms with Crippen LogP contribution in [0.5, 0.6) is 0 Å². The standard InChI is InChI=1S/C28H25N5O/c1-19-14-16-29-21(17-19)11-13-26-23-12-10-22(18-27(23)33-32-26)31-25-7-3-2-6-24(25)28(34)30-15-4-5-20-8-9-20/h2-3,6-7,10-14,16-18,20,31H,8-9,15H2,1H3,(H,30,34)(H,32,33)/b13-11+. The van der Waals surface area contributed by atoms with Gasteiger partial charge in [-0.25, -0.2) is 0 Å². The van der Waals surface area contributed by atoms with E-state index in [2.05, 4.69) is 37.7 Å². The quantitative estimate of drug-likeness (QED) is 0.349. The highest BCUT2D eigenvalue weighted by molar-refractivity contribution is 6.00. The molecule has 2 aromatic heterocycles. The molecule has 5 rings (SSSR count). The smallest absolute Gasteiger partial charge is 0.254 e. The molecular weight excluding hydrogens is 422 g/mol. The molecule has 4 aromatic rings. The second-order valence-corrected chi connectivity index (χ2v) is 8.41. The molecule has 0 spiro atoms. The van der Waals surface area contributed by atoms with Gasteiger partial charge in [0.2, 0.25) is 0 Å². The van der Waals surface area contributed by atoms with E-state index in [1.54, 1.807) is 6.20 Å². The molecule has 1 amide bonds. The van der Waals surface area contributed by atoms with Crippen molar-refractivity contribution in [3.63, 3.8) is 0 Å². The van der Waals surface area contributed by atoms with E-state index in [1.165, 1.54) is 12.8 Å². The molecule has 0 atom stereocenters. The molecule has 1 aliphatic rings. The molecule has 0 unspecified atom stereocenters. The topological polar surface area (TPSA) is 82.7 Å². The van der Waals surface area contributed by atoms with Crippen molar-refractivity contribution in [2.45, 2.75) is 19.8 Å². The molecule has 0 saturated heterocycles. The molecule has 34 heavy (non-hydrogen) atoms. The number of aryl methyl sites for hydroxylation is 1. The van der Waals surface area contributed by atoms with E-state index in [9.17, 15) is 4.79 Å². The van der Waals surface area contributed by atoms with Crippen LogP contribution in [0.2, 0.25) is 0 Å². The molecule has 6 heteroatoms. The fraction of sp³-hybridized carbons (Fsp3) is 0.179. The lowest BCUT2D eigenvalue weighted by Crippen LogP contribution is -2.24. The minimum Gasteiger partial charge on any atom is -0.355 e. The molecule has 3 N–H and O–H groups in total. The third-order valence-corrected chi connectivity index (χ3v) is 5.61. The van der Waals surface area contributed by atoms with Crippen molar-refractivity contribution in [3.8, 4) is 11.8 Å². The molecular formula is C28H25N5O. The molecule has 2 aromatic carbocycles. The monoisotopic (exact) mass is 447 g/mol. The SMILES string of the molecule is Cc1ccnc(/C=C/c2n[nH]c3cc(Nc4ccccc4C(=O)NCC#CC4CC4)ccc23)c1. The second-order valence-electron chi connectivity index (χ2n) is 8.41. The van der Waals surface area contributed by atoms with Gasteiger partial charge in [0.15, 0.2) is 0 Å². The number of nitrogens with one attached hydrogen (secondary N) is 3. The van der Waals surface area contributed by atoms with Crippen molar-refractivity contribution in [3.05, 3.63) is 83.3 Å². The lowest BCUT2D eigenvalue weighted by molar-refractivity contribution is 0.0959. The molecule has 168 valence electrons. The van der Waals surface area contributed by atoms with E-state index in [-0.39, 0.29) is 5.91 Å². The lowest BCUT2D eigenvalue weighted by atomic mass is 10.1. The Labute approximate surface area is 198 Å². The number of pyridine rings is 1. The third kappa shape index (κ3) is 5.16. The summed E-state index contributed by atoms with van der Waals surface area (Å²) < 4.78 is 0. The summed E-state index contributed by atoms with van der Waals surface area (Å²) in [5.74, 6) is 6.58. The van der Waals surface area contributed by atoms with Crippen LogP contribution in [0.1, 0.15) is 40.2 Å². The van der Waals surface area contributed by atoms with Gasteiger partial charge in [-0.15, -0.1) is 0 Å². The van der Waals surface area contributed by atoms with E-state index in [0.29, 0.717) is 18.0 Å². The van der Waals surface area contributed by atoms with Crippen molar-refractivity contribution >= 4 is 40.3 Å². The van der Waals surface area contributed by atoms with Gasteiger partial charge in [-0.1, -0.05) is 24.0 Å². The van der Waals surface area contributed by atoms with Gasteiger partial charge in [-0.2, -0.15) is 5.10 Å². The van der Waals surface area contributed by atoms with E-state index in [4.69, 9.17) is 0 Å². The highest BCUT2D eigenvalue weighted by Crippen LogP contribution is 2.27. The Kier molecular flexibility index (Phi) is 6.09. The summed E-state index contributed by atoms with van der Waals surface area (Å²) in [6.07, 6.45) is 8.07. The Balaban J connectivity index is 1.31. The number of para-hydroxylation sites is 1. The number of carbonyl (C=O) groups is 1. The number of nitrogens with zero attached hydrogens (tertiary/aromatic N) is 2. The van der Waals surface area contributed by atoms with Gasteiger partial charge in [-0.05, 0) is 79.9 Å². The lowest BCUT2D eigenvalue weighted by Gasteiger charge is -2.11. The Hall–Kier alpha value is -4.37. The second kappa shape index (κ2) is 9.63. The number of rotatable bonds is 6. The molecule has 0 radical (unpaired) electrons. The van der Waals surface area contributed by atoms with Crippen LogP contribution in [0, 0.1) is 24.7 Å². The fourth-order valence-corrected chi connectivity index (χ4v) is 3.65. The molecule has 1 fully saturated rings. The van der Waals surface area contributed by atoms with Crippen LogP contribution >= 0.6 is 0 Å². The van der Waals surface area contributed by atoms with Crippen molar-refractivity contribution in [2.75, 3.05) is 11.9 Å². The Bertz CT molecular complexity index is 1440. The average Bonchev–Trinajstić information content (AvgIpc) is 3.59. The number of anilines is 2. The molecule has 0 bridgehead atoms. The van der Waals surface area contributed by atoms with Crippen molar-refractivity contribution in [1.82, 2.24) is 20.5 Å².